The minimum atomic E-state index is 0.527. The van der Waals surface area contributed by atoms with E-state index in [-0.39, 0.29) is 0 Å². The van der Waals surface area contributed by atoms with E-state index in [1.807, 2.05) is 24.3 Å². The van der Waals surface area contributed by atoms with Crippen molar-refractivity contribution < 1.29 is 4.42 Å². The number of hydrogen-bond acceptors (Lipinski definition) is 6. The van der Waals surface area contributed by atoms with Crippen molar-refractivity contribution in [2.45, 2.75) is 17.9 Å². The number of aromatic nitrogens is 3. The molecule has 0 bridgehead atoms. The van der Waals surface area contributed by atoms with E-state index in [9.17, 15) is 0 Å². The summed E-state index contributed by atoms with van der Waals surface area (Å²) in [6.07, 6.45) is 0. The summed E-state index contributed by atoms with van der Waals surface area (Å²) in [5, 5.41) is 11.9. The van der Waals surface area contributed by atoms with Crippen molar-refractivity contribution in [3.05, 3.63) is 69.6 Å². The van der Waals surface area contributed by atoms with Gasteiger partial charge >= 0.3 is 0 Å². The summed E-state index contributed by atoms with van der Waals surface area (Å²) in [4.78, 5) is 4.70. The highest BCUT2D eigenvalue weighted by molar-refractivity contribution is 9.10. The standard InChI is InChI=1S/C19H14BrN3OS2/c1-12-2-4-14(5-3-12)18-21-16(10-25-18)11-26-19-23-22-17(24-19)13-6-8-15(20)9-7-13/h2-10H,11H2,1H3. The first-order chi connectivity index (χ1) is 12.7. The smallest absolute Gasteiger partial charge is 0.277 e. The van der Waals surface area contributed by atoms with Crippen molar-refractivity contribution in [3.63, 3.8) is 0 Å². The highest BCUT2D eigenvalue weighted by Gasteiger charge is 2.11. The van der Waals surface area contributed by atoms with Crippen LogP contribution in [0.25, 0.3) is 22.0 Å². The van der Waals surface area contributed by atoms with Crippen molar-refractivity contribution in [2.24, 2.45) is 0 Å². The zero-order chi connectivity index (χ0) is 17.9. The van der Waals surface area contributed by atoms with Gasteiger partial charge in [0.1, 0.15) is 5.01 Å². The average Bonchev–Trinajstić information content (AvgIpc) is 3.31. The summed E-state index contributed by atoms with van der Waals surface area (Å²) in [5.41, 5.74) is 4.31. The molecule has 2 aromatic carbocycles. The first-order valence-electron chi connectivity index (χ1n) is 7.91. The second-order valence-electron chi connectivity index (χ2n) is 5.68. The molecule has 4 nitrogen and oxygen atoms in total. The zero-order valence-electron chi connectivity index (χ0n) is 13.8. The van der Waals surface area contributed by atoms with Crippen molar-refractivity contribution in [1.29, 1.82) is 0 Å². The van der Waals surface area contributed by atoms with Crippen LogP contribution in [0.4, 0.5) is 0 Å². The van der Waals surface area contributed by atoms with Crippen molar-refractivity contribution >= 4 is 39.0 Å². The molecule has 0 spiro atoms. The molecule has 0 aliphatic carbocycles. The van der Waals surface area contributed by atoms with Crippen LogP contribution in [-0.4, -0.2) is 15.2 Å². The molecule has 0 aliphatic rings. The summed E-state index contributed by atoms with van der Waals surface area (Å²) in [7, 11) is 0. The monoisotopic (exact) mass is 443 g/mol. The van der Waals surface area contributed by atoms with E-state index in [0.29, 0.717) is 16.9 Å². The van der Waals surface area contributed by atoms with E-state index in [0.717, 1.165) is 26.3 Å². The van der Waals surface area contributed by atoms with Gasteiger partial charge in [0.2, 0.25) is 5.89 Å². The quantitative estimate of drug-likeness (QED) is 0.342. The first kappa shape index (κ1) is 17.5. The van der Waals surface area contributed by atoms with Gasteiger partial charge in [0.15, 0.2) is 0 Å². The molecule has 0 aliphatic heterocycles. The third-order valence-corrected chi connectivity index (χ3v) is 6.01. The molecule has 0 fully saturated rings. The zero-order valence-corrected chi connectivity index (χ0v) is 17.1. The highest BCUT2D eigenvalue weighted by Crippen LogP contribution is 2.29. The number of benzene rings is 2. The van der Waals surface area contributed by atoms with Gasteiger partial charge in [0.05, 0.1) is 5.69 Å². The molecular formula is C19H14BrN3OS2. The van der Waals surface area contributed by atoms with Gasteiger partial charge in [0.25, 0.3) is 5.22 Å². The number of thioether (sulfide) groups is 1. The normalized spacial score (nSPS) is 11.0. The molecule has 2 heterocycles. The van der Waals surface area contributed by atoms with Crippen LogP contribution in [0.2, 0.25) is 0 Å². The molecule has 0 saturated heterocycles. The highest BCUT2D eigenvalue weighted by atomic mass is 79.9. The minimum absolute atomic E-state index is 0.527. The predicted octanol–water partition coefficient (Wildman–Crippen LogP) is 6.22. The average molecular weight is 444 g/mol. The lowest BCUT2D eigenvalue weighted by Crippen LogP contribution is -1.82. The lowest BCUT2D eigenvalue weighted by molar-refractivity contribution is 0.466. The second-order valence-corrected chi connectivity index (χ2v) is 8.38. The maximum atomic E-state index is 5.74. The van der Waals surface area contributed by atoms with Gasteiger partial charge in [-0.05, 0) is 31.2 Å². The summed E-state index contributed by atoms with van der Waals surface area (Å²) in [6, 6.07) is 16.2. The fourth-order valence-corrected chi connectivity index (χ4v) is 4.17. The summed E-state index contributed by atoms with van der Waals surface area (Å²) in [6.45, 7) is 2.08. The Morgan fingerprint density at radius 3 is 2.50 bits per heavy atom. The maximum absolute atomic E-state index is 5.74. The minimum Gasteiger partial charge on any atom is -0.411 e. The Hall–Kier alpha value is -1.96. The van der Waals surface area contributed by atoms with Crippen LogP contribution in [0.1, 0.15) is 11.3 Å². The van der Waals surface area contributed by atoms with Gasteiger partial charge in [-0.2, -0.15) is 0 Å². The molecule has 0 radical (unpaired) electrons. The molecule has 4 aromatic rings. The predicted molar refractivity (Wildman–Crippen MR) is 109 cm³/mol. The number of rotatable bonds is 5. The molecule has 0 atom stereocenters. The van der Waals surface area contributed by atoms with Gasteiger partial charge in [0, 0.05) is 26.7 Å². The Morgan fingerprint density at radius 1 is 1.00 bits per heavy atom. The van der Waals surface area contributed by atoms with Crippen LogP contribution in [0, 0.1) is 6.92 Å². The van der Waals surface area contributed by atoms with E-state index in [4.69, 9.17) is 9.40 Å². The van der Waals surface area contributed by atoms with Crippen molar-refractivity contribution in [1.82, 2.24) is 15.2 Å². The lowest BCUT2D eigenvalue weighted by Gasteiger charge is -1.97. The molecular weight excluding hydrogens is 430 g/mol. The number of thiazole rings is 1. The molecule has 4 rings (SSSR count). The SMILES string of the molecule is Cc1ccc(-c2nc(CSc3nnc(-c4ccc(Br)cc4)o3)cs2)cc1. The number of nitrogens with zero attached hydrogens (tertiary/aromatic N) is 3. The van der Waals surface area contributed by atoms with Crippen LogP contribution in [0.15, 0.2) is 68.0 Å². The Bertz CT molecular complexity index is 926. The van der Waals surface area contributed by atoms with Gasteiger partial charge in [-0.15, -0.1) is 21.5 Å². The topological polar surface area (TPSA) is 51.8 Å². The van der Waals surface area contributed by atoms with E-state index in [1.54, 1.807) is 11.3 Å². The largest absolute Gasteiger partial charge is 0.411 e. The van der Waals surface area contributed by atoms with E-state index >= 15 is 0 Å². The summed E-state index contributed by atoms with van der Waals surface area (Å²) in [5.74, 6) is 1.23. The van der Waals surface area contributed by atoms with Crippen LogP contribution < -0.4 is 0 Å². The van der Waals surface area contributed by atoms with Crippen LogP contribution in [0.5, 0.6) is 0 Å². The Morgan fingerprint density at radius 2 is 1.73 bits per heavy atom. The number of hydrogen-bond donors (Lipinski definition) is 0. The summed E-state index contributed by atoms with van der Waals surface area (Å²) >= 11 is 6.57. The Labute approximate surface area is 167 Å². The van der Waals surface area contributed by atoms with Crippen LogP contribution >= 0.6 is 39.0 Å². The van der Waals surface area contributed by atoms with Gasteiger partial charge in [-0.25, -0.2) is 4.98 Å². The van der Waals surface area contributed by atoms with Gasteiger partial charge in [-0.1, -0.05) is 57.5 Å². The third kappa shape index (κ3) is 4.06. The Balaban J connectivity index is 1.42. The van der Waals surface area contributed by atoms with Crippen molar-refractivity contribution in [3.8, 4) is 22.0 Å². The maximum Gasteiger partial charge on any atom is 0.277 e. The number of halogens is 1. The number of aryl methyl sites for hydroxylation is 1. The fraction of sp³-hybridized carbons (Fsp3) is 0.105. The second kappa shape index (κ2) is 7.73. The molecule has 0 saturated carbocycles. The van der Waals surface area contributed by atoms with Crippen LogP contribution in [-0.2, 0) is 5.75 Å². The van der Waals surface area contributed by atoms with Crippen LogP contribution in [0.3, 0.4) is 0 Å². The molecule has 0 unspecified atom stereocenters. The van der Waals surface area contributed by atoms with E-state index < -0.39 is 0 Å². The Kier molecular flexibility index (Phi) is 5.19. The molecule has 0 N–H and O–H groups in total. The lowest BCUT2D eigenvalue weighted by atomic mass is 10.2. The van der Waals surface area contributed by atoms with Gasteiger partial charge in [-0.3, -0.25) is 0 Å². The summed E-state index contributed by atoms with van der Waals surface area (Å²) < 4.78 is 6.75. The van der Waals surface area contributed by atoms with Crippen molar-refractivity contribution in [2.75, 3.05) is 0 Å². The van der Waals surface area contributed by atoms with E-state index in [2.05, 4.69) is 62.7 Å². The molecule has 26 heavy (non-hydrogen) atoms. The first-order valence-corrected chi connectivity index (χ1v) is 10.6. The van der Waals surface area contributed by atoms with E-state index in [1.165, 1.54) is 17.3 Å². The molecule has 130 valence electrons. The molecule has 7 heteroatoms. The fourth-order valence-electron chi connectivity index (χ4n) is 2.31. The molecule has 2 aromatic heterocycles. The van der Waals surface area contributed by atoms with Gasteiger partial charge < -0.3 is 4.42 Å². The third-order valence-electron chi connectivity index (χ3n) is 3.69. The molecule has 0 amide bonds.